The molecule has 184 valence electrons. The van der Waals surface area contributed by atoms with E-state index in [1.54, 1.807) is 14.2 Å². The molecular formula is C31H42O3. The summed E-state index contributed by atoms with van der Waals surface area (Å²) in [5.41, 5.74) is 14.4. The van der Waals surface area contributed by atoms with Gasteiger partial charge < -0.3 is 14.2 Å². The van der Waals surface area contributed by atoms with E-state index in [0.29, 0.717) is 19.8 Å². The summed E-state index contributed by atoms with van der Waals surface area (Å²) in [6, 6.07) is 12.5. The highest BCUT2D eigenvalue weighted by molar-refractivity contribution is 5.49. The predicted octanol–water partition coefficient (Wildman–Crippen LogP) is 7.71. The molecule has 3 heteroatoms. The summed E-state index contributed by atoms with van der Waals surface area (Å²) >= 11 is 0. The fourth-order valence-corrected chi connectivity index (χ4v) is 4.20. The highest BCUT2D eigenvalue weighted by Gasteiger charge is 2.13. The van der Waals surface area contributed by atoms with Crippen LogP contribution in [-0.2, 0) is 29.3 Å². The lowest BCUT2D eigenvalue weighted by molar-refractivity contribution is 0.183. The van der Waals surface area contributed by atoms with Gasteiger partial charge in [0.1, 0.15) is 12.4 Å². The summed E-state index contributed by atoms with van der Waals surface area (Å²) in [6.45, 7) is 19.3. The lowest BCUT2D eigenvalue weighted by Gasteiger charge is -2.19. The molecule has 3 rings (SSSR count). The standard InChI is InChI=1S/C22H30O2.C9H12O/c1-13-9-21(10-20(11-23-8)14(13)2)24-12-22-18(6)16(4)15(3)17(5)19(22)7;1-8-4-3-5-9(6-8)7-10-2/h9-10H,11-12H2,1-8H3;3-6H,7H2,1-2H3. The van der Waals surface area contributed by atoms with Crippen LogP contribution in [0.5, 0.6) is 5.75 Å². The number of hydrogen-bond donors (Lipinski definition) is 0. The summed E-state index contributed by atoms with van der Waals surface area (Å²) in [5, 5.41) is 0. The second-order valence-electron chi connectivity index (χ2n) is 9.27. The lowest BCUT2D eigenvalue weighted by atomic mass is 9.90. The number of aryl methyl sites for hydroxylation is 2. The SMILES string of the molecule is COCc1cc(OCc2c(C)c(C)c(C)c(C)c2C)cc(C)c1C.COCc1cccc(C)c1. The van der Waals surface area contributed by atoms with Gasteiger partial charge in [0, 0.05) is 14.2 Å². The van der Waals surface area contributed by atoms with Gasteiger partial charge in [-0.1, -0.05) is 29.8 Å². The van der Waals surface area contributed by atoms with E-state index in [9.17, 15) is 0 Å². The molecule has 0 aliphatic heterocycles. The minimum absolute atomic E-state index is 0.606. The van der Waals surface area contributed by atoms with Crippen LogP contribution in [-0.4, -0.2) is 14.2 Å². The summed E-state index contributed by atoms with van der Waals surface area (Å²) in [5.74, 6) is 0.917. The second-order valence-corrected chi connectivity index (χ2v) is 9.27. The van der Waals surface area contributed by atoms with Crippen molar-refractivity contribution in [2.24, 2.45) is 0 Å². The van der Waals surface area contributed by atoms with Crippen LogP contribution in [0.1, 0.15) is 61.2 Å². The molecule has 0 unspecified atom stereocenters. The Bertz CT molecular complexity index is 1080. The number of methoxy groups -OCH3 is 2. The van der Waals surface area contributed by atoms with Crippen molar-refractivity contribution in [2.75, 3.05) is 14.2 Å². The Morgan fingerprint density at radius 3 is 1.74 bits per heavy atom. The molecule has 3 aromatic rings. The van der Waals surface area contributed by atoms with Crippen LogP contribution in [0, 0.1) is 55.4 Å². The summed E-state index contributed by atoms with van der Waals surface area (Å²) < 4.78 is 16.5. The third kappa shape index (κ3) is 6.94. The van der Waals surface area contributed by atoms with Crippen LogP contribution in [0.25, 0.3) is 0 Å². The van der Waals surface area contributed by atoms with E-state index >= 15 is 0 Å². The average Bonchev–Trinajstić information content (AvgIpc) is 2.80. The summed E-state index contributed by atoms with van der Waals surface area (Å²) in [6.07, 6.45) is 0. The number of benzene rings is 3. The molecule has 0 saturated heterocycles. The number of ether oxygens (including phenoxy) is 3. The van der Waals surface area contributed by atoms with Gasteiger partial charge in [0.15, 0.2) is 0 Å². The summed E-state index contributed by atoms with van der Waals surface area (Å²) in [4.78, 5) is 0. The molecule has 3 aromatic carbocycles. The van der Waals surface area contributed by atoms with Crippen LogP contribution in [0.15, 0.2) is 36.4 Å². The van der Waals surface area contributed by atoms with E-state index in [4.69, 9.17) is 14.2 Å². The first-order valence-corrected chi connectivity index (χ1v) is 11.9. The number of hydrogen-bond acceptors (Lipinski definition) is 3. The van der Waals surface area contributed by atoms with Crippen molar-refractivity contribution >= 4 is 0 Å². The van der Waals surface area contributed by atoms with Gasteiger partial charge in [-0.25, -0.2) is 0 Å². The van der Waals surface area contributed by atoms with Crippen molar-refractivity contribution in [3.8, 4) is 5.75 Å². The van der Waals surface area contributed by atoms with E-state index in [1.165, 1.54) is 61.2 Å². The Kier molecular flexibility index (Phi) is 10.3. The molecule has 0 heterocycles. The third-order valence-corrected chi connectivity index (χ3v) is 6.98. The van der Waals surface area contributed by atoms with Crippen LogP contribution in [0.4, 0.5) is 0 Å². The van der Waals surface area contributed by atoms with Gasteiger partial charge in [0.25, 0.3) is 0 Å². The maximum absolute atomic E-state index is 6.17. The van der Waals surface area contributed by atoms with Crippen molar-refractivity contribution in [2.45, 2.75) is 75.2 Å². The molecule has 0 radical (unpaired) electrons. The van der Waals surface area contributed by atoms with Gasteiger partial charge in [0.05, 0.1) is 13.2 Å². The van der Waals surface area contributed by atoms with E-state index in [1.807, 2.05) is 6.07 Å². The highest BCUT2D eigenvalue weighted by Crippen LogP contribution is 2.28. The van der Waals surface area contributed by atoms with Crippen LogP contribution < -0.4 is 4.74 Å². The topological polar surface area (TPSA) is 27.7 Å². The molecule has 0 saturated carbocycles. The monoisotopic (exact) mass is 462 g/mol. The molecule has 0 amide bonds. The minimum Gasteiger partial charge on any atom is -0.489 e. The van der Waals surface area contributed by atoms with Gasteiger partial charge in [-0.3, -0.25) is 0 Å². The second kappa shape index (κ2) is 12.7. The first kappa shape index (κ1) is 27.6. The van der Waals surface area contributed by atoms with Crippen molar-refractivity contribution in [1.82, 2.24) is 0 Å². The lowest BCUT2D eigenvalue weighted by Crippen LogP contribution is -2.07. The zero-order valence-corrected chi connectivity index (χ0v) is 22.8. The van der Waals surface area contributed by atoms with Crippen molar-refractivity contribution in [3.05, 3.63) is 97.6 Å². The fraction of sp³-hybridized carbons (Fsp3) is 0.419. The molecule has 0 aliphatic carbocycles. The highest BCUT2D eigenvalue weighted by atomic mass is 16.5. The molecule has 3 nitrogen and oxygen atoms in total. The molecule has 0 spiro atoms. The maximum Gasteiger partial charge on any atom is 0.120 e. The van der Waals surface area contributed by atoms with Crippen molar-refractivity contribution < 1.29 is 14.2 Å². The molecule has 34 heavy (non-hydrogen) atoms. The first-order chi connectivity index (χ1) is 16.1. The van der Waals surface area contributed by atoms with E-state index < -0.39 is 0 Å². The molecule has 0 atom stereocenters. The normalized spacial score (nSPS) is 10.6. The minimum atomic E-state index is 0.606. The van der Waals surface area contributed by atoms with E-state index in [-0.39, 0.29) is 0 Å². The third-order valence-electron chi connectivity index (χ3n) is 6.98. The van der Waals surface area contributed by atoms with Gasteiger partial charge >= 0.3 is 0 Å². The Balaban J connectivity index is 0.000000340. The average molecular weight is 463 g/mol. The predicted molar refractivity (Wildman–Crippen MR) is 143 cm³/mol. The van der Waals surface area contributed by atoms with Crippen molar-refractivity contribution in [1.29, 1.82) is 0 Å². The quantitative estimate of drug-likeness (QED) is 0.360. The van der Waals surface area contributed by atoms with E-state index in [2.05, 4.69) is 85.7 Å². The molecule has 0 fully saturated rings. The summed E-state index contributed by atoms with van der Waals surface area (Å²) in [7, 11) is 3.44. The van der Waals surface area contributed by atoms with Crippen molar-refractivity contribution in [3.63, 3.8) is 0 Å². The van der Waals surface area contributed by atoms with Gasteiger partial charge in [0.2, 0.25) is 0 Å². The van der Waals surface area contributed by atoms with E-state index in [0.717, 1.165) is 5.75 Å². The zero-order valence-electron chi connectivity index (χ0n) is 22.8. The Morgan fingerprint density at radius 2 is 1.18 bits per heavy atom. The first-order valence-electron chi connectivity index (χ1n) is 11.9. The Hall–Kier alpha value is -2.62. The van der Waals surface area contributed by atoms with Gasteiger partial charge in [-0.15, -0.1) is 0 Å². The molecule has 0 bridgehead atoms. The molecular weight excluding hydrogens is 420 g/mol. The van der Waals surface area contributed by atoms with Crippen LogP contribution in [0.2, 0.25) is 0 Å². The van der Waals surface area contributed by atoms with Crippen LogP contribution in [0.3, 0.4) is 0 Å². The fourth-order valence-electron chi connectivity index (χ4n) is 4.20. The Morgan fingerprint density at radius 1 is 0.588 bits per heavy atom. The largest absolute Gasteiger partial charge is 0.489 e. The number of rotatable bonds is 7. The smallest absolute Gasteiger partial charge is 0.120 e. The molecule has 0 N–H and O–H groups in total. The maximum atomic E-state index is 6.17. The molecule has 0 aliphatic rings. The van der Waals surface area contributed by atoms with Gasteiger partial charge in [-0.05, 0) is 123 Å². The van der Waals surface area contributed by atoms with Crippen LogP contribution >= 0.6 is 0 Å². The molecule has 0 aromatic heterocycles. The Labute approximate surface area is 207 Å². The van der Waals surface area contributed by atoms with Gasteiger partial charge in [-0.2, -0.15) is 0 Å². The zero-order chi connectivity index (χ0) is 25.4.